The first-order valence-electron chi connectivity index (χ1n) is 12.4. The van der Waals surface area contributed by atoms with E-state index < -0.39 is 0 Å². The van der Waals surface area contributed by atoms with Crippen LogP contribution in [-0.4, -0.2) is 16.5 Å². The first-order chi connectivity index (χ1) is 18.1. The van der Waals surface area contributed by atoms with E-state index in [0.717, 1.165) is 41.5 Å². The van der Waals surface area contributed by atoms with Crippen LogP contribution >= 0.6 is 0 Å². The van der Waals surface area contributed by atoms with Crippen molar-refractivity contribution in [2.45, 2.75) is 27.3 Å². The largest absolute Gasteiger partial charge is 0.457 e. The zero-order valence-corrected chi connectivity index (χ0v) is 21.8. The van der Waals surface area contributed by atoms with E-state index in [4.69, 9.17) is 10.5 Å². The summed E-state index contributed by atoms with van der Waals surface area (Å²) in [5.74, 6) is 1.79. The summed E-state index contributed by atoms with van der Waals surface area (Å²) < 4.78 is 5.87. The van der Waals surface area contributed by atoms with Crippen LogP contribution in [0.15, 0.2) is 116 Å². The van der Waals surface area contributed by atoms with Crippen molar-refractivity contribution in [3.05, 3.63) is 132 Å². The number of ether oxygens (including phenoxy) is 1. The summed E-state index contributed by atoms with van der Waals surface area (Å²) >= 11 is 0. The van der Waals surface area contributed by atoms with Crippen LogP contribution in [0.5, 0.6) is 11.5 Å². The fourth-order valence-electron chi connectivity index (χ4n) is 3.44. The van der Waals surface area contributed by atoms with E-state index in [-0.39, 0.29) is 0 Å². The van der Waals surface area contributed by atoms with Gasteiger partial charge in [0.05, 0.1) is 6.33 Å². The van der Waals surface area contributed by atoms with Crippen LogP contribution in [0.4, 0.5) is 5.69 Å². The molecule has 37 heavy (non-hydrogen) atoms. The lowest BCUT2D eigenvalue weighted by Crippen LogP contribution is -2.12. The molecule has 5 nitrogen and oxygen atoms in total. The number of aromatic amines is 1. The summed E-state index contributed by atoms with van der Waals surface area (Å²) in [5.41, 5.74) is 12.5. The molecule has 5 aromatic rings. The molecule has 0 aliphatic carbocycles. The Morgan fingerprint density at radius 1 is 0.811 bits per heavy atom. The van der Waals surface area contributed by atoms with E-state index in [1.54, 1.807) is 12.5 Å². The number of rotatable bonds is 6. The fourth-order valence-corrected chi connectivity index (χ4v) is 3.44. The highest BCUT2D eigenvalue weighted by Gasteiger charge is 2.03. The quantitative estimate of drug-likeness (QED) is 0.214. The van der Waals surface area contributed by atoms with Gasteiger partial charge in [-0.3, -0.25) is 0 Å². The number of para-hydroxylation sites is 2. The number of hydrogen-bond acceptors (Lipinski definition) is 4. The van der Waals surface area contributed by atoms with Gasteiger partial charge in [-0.05, 0) is 67.4 Å². The van der Waals surface area contributed by atoms with Crippen LogP contribution < -0.4 is 15.8 Å². The van der Waals surface area contributed by atoms with Crippen LogP contribution in [0.1, 0.15) is 23.7 Å². The van der Waals surface area contributed by atoms with E-state index in [9.17, 15) is 0 Å². The second-order valence-electron chi connectivity index (χ2n) is 8.48. The highest BCUT2D eigenvalue weighted by molar-refractivity contribution is 5.67. The number of aryl methyl sites for hydroxylation is 2. The smallest absolute Gasteiger partial charge is 0.131 e. The Labute approximate surface area is 220 Å². The number of anilines is 1. The molecule has 0 aliphatic heterocycles. The number of nitrogen functional groups attached to an aromatic ring is 1. The van der Waals surface area contributed by atoms with Crippen molar-refractivity contribution in [1.29, 1.82) is 0 Å². The molecule has 0 radical (unpaired) electrons. The Morgan fingerprint density at radius 3 is 2.08 bits per heavy atom. The summed E-state index contributed by atoms with van der Waals surface area (Å²) in [6.45, 7) is 7.88. The highest BCUT2D eigenvalue weighted by Crippen LogP contribution is 2.25. The molecule has 0 spiro atoms. The molecule has 0 saturated heterocycles. The molecule has 0 unspecified atom stereocenters. The molecular formula is C32H36N4O. The topological polar surface area (TPSA) is 76.0 Å². The second kappa shape index (κ2) is 14.9. The zero-order valence-electron chi connectivity index (χ0n) is 21.8. The molecule has 4 N–H and O–H groups in total. The van der Waals surface area contributed by atoms with Gasteiger partial charge < -0.3 is 20.8 Å². The van der Waals surface area contributed by atoms with Gasteiger partial charge in [-0.1, -0.05) is 79.7 Å². The lowest BCUT2D eigenvalue weighted by atomic mass is 10.0. The molecule has 0 atom stereocenters. The summed E-state index contributed by atoms with van der Waals surface area (Å²) in [6, 6.07) is 34.4. The maximum absolute atomic E-state index is 5.87. The lowest BCUT2D eigenvalue weighted by Gasteiger charge is -2.11. The van der Waals surface area contributed by atoms with Crippen molar-refractivity contribution in [3.63, 3.8) is 0 Å². The maximum Gasteiger partial charge on any atom is 0.131 e. The average molecular weight is 493 g/mol. The molecule has 0 amide bonds. The average Bonchev–Trinajstić information content (AvgIpc) is 3.42. The third-order valence-electron chi connectivity index (χ3n) is 5.52. The fraction of sp³-hybridized carbons (Fsp3) is 0.156. The van der Waals surface area contributed by atoms with Gasteiger partial charge in [0.1, 0.15) is 11.5 Å². The van der Waals surface area contributed by atoms with Crippen molar-refractivity contribution >= 4 is 5.69 Å². The molecular weight excluding hydrogens is 456 g/mol. The lowest BCUT2D eigenvalue weighted by molar-refractivity contribution is 0.473. The summed E-state index contributed by atoms with van der Waals surface area (Å²) in [4.78, 5) is 6.66. The zero-order chi connectivity index (χ0) is 26.3. The third-order valence-corrected chi connectivity index (χ3v) is 5.52. The molecule has 0 saturated carbocycles. The molecule has 190 valence electrons. The Kier molecular flexibility index (Phi) is 11.0. The Morgan fingerprint density at radius 2 is 1.49 bits per heavy atom. The van der Waals surface area contributed by atoms with E-state index in [0.29, 0.717) is 0 Å². The van der Waals surface area contributed by atoms with Crippen molar-refractivity contribution < 1.29 is 4.74 Å². The van der Waals surface area contributed by atoms with Crippen LogP contribution in [-0.2, 0) is 6.54 Å². The third kappa shape index (κ3) is 9.32. The number of hydrogen-bond donors (Lipinski definition) is 3. The number of benzene rings is 4. The van der Waals surface area contributed by atoms with Crippen LogP contribution in [0.2, 0.25) is 0 Å². The number of nitrogens with two attached hydrogens (primary N) is 1. The summed E-state index contributed by atoms with van der Waals surface area (Å²) in [7, 11) is 0. The second-order valence-corrected chi connectivity index (χ2v) is 8.48. The van der Waals surface area contributed by atoms with Gasteiger partial charge in [0.15, 0.2) is 0 Å². The van der Waals surface area contributed by atoms with Crippen molar-refractivity contribution in [2.75, 3.05) is 12.3 Å². The number of nitrogens with one attached hydrogen (secondary N) is 2. The summed E-state index contributed by atoms with van der Waals surface area (Å²) in [6.07, 6.45) is 3.44. The molecule has 1 heterocycles. The number of aromatic nitrogens is 2. The van der Waals surface area contributed by atoms with Gasteiger partial charge in [0.25, 0.3) is 0 Å². The minimum Gasteiger partial charge on any atom is -0.457 e. The number of imidazole rings is 1. The molecule has 1 aromatic heterocycles. The SMILES string of the molecule is CCNCc1ccccc1Oc1ccccc1.Cc1cc(-c2ccccc2)ccc1N.Cc1cnc[nH]1. The highest BCUT2D eigenvalue weighted by atomic mass is 16.5. The first kappa shape index (κ1) is 27.2. The van der Waals surface area contributed by atoms with E-state index >= 15 is 0 Å². The van der Waals surface area contributed by atoms with Gasteiger partial charge >= 0.3 is 0 Å². The van der Waals surface area contributed by atoms with Crippen molar-refractivity contribution in [2.24, 2.45) is 0 Å². The van der Waals surface area contributed by atoms with Gasteiger partial charge in [0.2, 0.25) is 0 Å². The standard InChI is InChI=1S/C15H17NO.C13H13N.C4H6N2/c1-2-16-12-13-8-6-7-11-15(13)17-14-9-4-3-5-10-14;1-10-9-12(7-8-13(10)14)11-5-3-2-4-6-11;1-4-2-5-3-6-4/h3-11,16H,2,12H2,1H3;2-9H,14H2,1H3;2-3H,1H3,(H,5,6). The molecule has 0 aliphatic rings. The van der Waals surface area contributed by atoms with Crippen LogP contribution in [0.3, 0.4) is 0 Å². The Balaban J connectivity index is 0.000000170. The van der Waals surface area contributed by atoms with Crippen molar-refractivity contribution in [1.82, 2.24) is 15.3 Å². The maximum atomic E-state index is 5.87. The molecule has 5 rings (SSSR count). The predicted octanol–water partition coefficient (Wildman–Crippen LogP) is 7.55. The number of H-pyrrole nitrogens is 1. The Hall–Kier alpha value is -4.35. The molecule has 5 heteroatoms. The minimum atomic E-state index is 0.833. The van der Waals surface area contributed by atoms with E-state index in [2.05, 4.69) is 52.5 Å². The molecule has 0 fully saturated rings. The Bertz CT molecular complexity index is 1300. The molecule has 4 aromatic carbocycles. The monoisotopic (exact) mass is 492 g/mol. The van der Waals surface area contributed by atoms with Gasteiger partial charge in [0, 0.05) is 29.7 Å². The molecule has 0 bridgehead atoms. The van der Waals surface area contributed by atoms with Crippen molar-refractivity contribution in [3.8, 4) is 22.6 Å². The number of nitrogens with zero attached hydrogens (tertiary/aromatic N) is 1. The van der Waals surface area contributed by atoms with Gasteiger partial charge in [-0.25, -0.2) is 4.98 Å². The minimum absolute atomic E-state index is 0.833. The normalized spacial score (nSPS) is 9.92. The predicted molar refractivity (Wildman–Crippen MR) is 155 cm³/mol. The van der Waals surface area contributed by atoms with Crippen LogP contribution in [0.25, 0.3) is 11.1 Å². The van der Waals surface area contributed by atoms with Crippen LogP contribution in [0, 0.1) is 13.8 Å². The van der Waals surface area contributed by atoms with E-state index in [1.165, 1.54) is 16.7 Å². The first-order valence-corrected chi connectivity index (χ1v) is 12.4. The van der Waals surface area contributed by atoms with Gasteiger partial charge in [-0.2, -0.15) is 0 Å². The van der Waals surface area contributed by atoms with E-state index in [1.807, 2.05) is 86.6 Å². The summed E-state index contributed by atoms with van der Waals surface area (Å²) in [5, 5.41) is 3.31. The van der Waals surface area contributed by atoms with Gasteiger partial charge in [-0.15, -0.1) is 0 Å².